The fourth-order valence-electron chi connectivity index (χ4n) is 2.28. The van der Waals surface area contributed by atoms with Crippen LogP contribution in [0.1, 0.15) is 15.2 Å². The number of thiophene rings is 1. The monoisotopic (exact) mass is 550 g/mol. The molecule has 0 atom stereocenters. The van der Waals surface area contributed by atoms with Gasteiger partial charge in [0.25, 0.3) is 5.91 Å². The topological polar surface area (TPSA) is 56.7 Å². The Morgan fingerprint density at radius 2 is 1.88 bits per heavy atom. The van der Waals surface area contributed by atoms with Gasteiger partial charge < -0.3 is 15.5 Å². The maximum Gasteiger partial charge on any atom is 0.251 e. The van der Waals surface area contributed by atoms with Crippen LogP contribution in [0.2, 0.25) is 0 Å². The highest BCUT2D eigenvalue weighted by Crippen LogP contribution is 2.10. The van der Waals surface area contributed by atoms with E-state index in [0.717, 1.165) is 23.4 Å². The molecule has 1 aromatic heterocycles. The highest BCUT2D eigenvalue weighted by Gasteiger charge is 2.07. The Morgan fingerprint density at radius 3 is 2.50 bits per heavy atom. The number of likely N-dealkylation sites (N-methyl/N-ethyl adjacent to an activating group) is 1. The maximum absolute atomic E-state index is 12.0. The number of amides is 1. The zero-order chi connectivity index (χ0) is 18.1. The van der Waals surface area contributed by atoms with Crippen molar-refractivity contribution in [3.63, 3.8) is 0 Å². The van der Waals surface area contributed by atoms with Crippen LogP contribution in [0.15, 0.2) is 51.2 Å². The minimum Gasteiger partial charge on any atom is -0.354 e. The summed E-state index contributed by atoms with van der Waals surface area (Å²) in [4.78, 5) is 19.8. The van der Waals surface area contributed by atoms with Crippen molar-refractivity contribution in [2.75, 3.05) is 33.7 Å². The number of carbonyl (C=O) groups is 1. The van der Waals surface area contributed by atoms with Gasteiger partial charge in [0.1, 0.15) is 0 Å². The fraction of sp³-hybridized carbons (Fsp3) is 0.333. The molecule has 1 aromatic carbocycles. The second-order valence-corrected chi connectivity index (χ2v) is 7.44. The second-order valence-electron chi connectivity index (χ2n) is 5.49. The molecule has 2 rings (SSSR count). The summed E-state index contributed by atoms with van der Waals surface area (Å²) >= 11 is 5.13. The Morgan fingerprint density at radius 1 is 1.19 bits per heavy atom. The van der Waals surface area contributed by atoms with Gasteiger partial charge in [0.2, 0.25) is 0 Å². The minimum absolute atomic E-state index is 0. The number of nitrogens with zero attached hydrogens (tertiary/aromatic N) is 2. The number of rotatable bonds is 7. The molecule has 0 spiro atoms. The first-order valence-electron chi connectivity index (χ1n) is 8.08. The number of aliphatic imine (C=N–C) groups is 1. The summed E-state index contributed by atoms with van der Waals surface area (Å²) < 4.78 is 0.958. The van der Waals surface area contributed by atoms with Crippen LogP contribution in [-0.2, 0) is 6.42 Å². The van der Waals surface area contributed by atoms with E-state index in [0.29, 0.717) is 18.7 Å². The van der Waals surface area contributed by atoms with E-state index in [9.17, 15) is 4.79 Å². The molecule has 0 aliphatic heterocycles. The van der Waals surface area contributed by atoms with E-state index in [1.165, 1.54) is 4.88 Å². The molecule has 1 heterocycles. The molecule has 0 unspecified atom stereocenters. The zero-order valence-electron chi connectivity index (χ0n) is 14.9. The molecule has 8 heteroatoms. The number of guanidine groups is 1. The number of nitrogens with one attached hydrogen (secondary N) is 2. The predicted molar refractivity (Wildman–Crippen MR) is 124 cm³/mol. The first-order valence-corrected chi connectivity index (χ1v) is 9.75. The maximum atomic E-state index is 12.0. The molecular weight excluding hydrogens is 527 g/mol. The average Bonchev–Trinajstić information content (AvgIpc) is 3.13. The van der Waals surface area contributed by atoms with Crippen molar-refractivity contribution in [2.24, 2.45) is 4.99 Å². The van der Waals surface area contributed by atoms with Crippen LogP contribution < -0.4 is 10.6 Å². The van der Waals surface area contributed by atoms with Crippen molar-refractivity contribution in [3.8, 4) is 0 Å². The zero-order valence-corrected chi connectivity index (χ0v) is 19.6. The van der Waals surface area contributed by atoms with Crippen molar-refractivity contribution in [1.82, 2.24) is 15.5 Å². The van der Waals surface area contributed by atoms with Gasteiger partial charge in [-0.2, -0.15) is 0 Å². The predicted octanol–water partition coefficient (Wildman–Crippen LogP) is 3.61. The summed E-state index contributed by atoms with van der Waals surface area (Å²) in [5.74, 6) is 0.754. The molecule has 0 radical (unpaired) electrons. The van der Waals surface area contributed by atoms with Crippen molar-refractivity contribution in [2.45, 2.75) is 6.42 Å². The molecule has 142 valence electrons. The van der Waals surface area contributed by atoms with Crippen LogP contribution in [0.3, 0.4) is 0 Å². The van der Waals surface area contributed by atoms with Gasteiger partial charge in [0.05, 0.1) is 0 Å². The number of hydrogen-bond donors (Lipinski definition) is 2. The van der Waals surface area contributed by atoms with E-state index in [2.05, 4.69) is 54.0 Å². The number of carbonyl (C=O) groups excluding carboxylic acids is 1. The number of hydrogen-bond acceptors (Lipinski definition) is 3. The van der Waals surface area contributed by atoms with Crippen LogP contribution in [0.4, 0.5) is 0 Å². The third-order valence-electron chi connectivity index (χ3n) is 3.65. The van der Waals surface area contributed by atoms with E-state index >= 15 is 0 Å². The third kappa shape index (κ3) is 7.63. The molecule has 26 heavy (non-hydrogen) atoms. The van der Waals surface area contributed by atoms with E-state index in [-0.39, 0.29) is 29.9 Å². The van der Waals surface area contributed by atoms with Crippen LogP contribution >= 0.6 is 51.2 Å². The first-order chi connectivity index (χ1) is 12.1. The molecule has 0 aliphatic carbocycles. The molecule has 0 saturated carbocycles. The molecule has 0 fully saturated rings. The lowest BCUT2D eigenvalue weighted by atomic mass is 10.2. The summed E-state index contributed by atoms with van der Waals surface area (Å²) in [5, 5.41) is 8.27. The Labute approximate surface area is 184 Å². The Kier molecular flexibility index (Phi) is 10.8. The molecule has 0 bridgehead atoms. The minimum atomic E-state index is -0.0738. The largest absolute Gasteiger partial charge is 0.354 e. The van der Waals surface area contributed by atoms with Crippen LogP contribution in [0, 0.1) is 0 Å². The lowest BCUT2D eigenvalue weighted by Gasteiger charge is -2.21. The van der Waals surface area contributed by atoms with E-state index in [1.807, 2.05) is 19.2 Å². The Bertz CT molecular complexity index is 692. The van der Waals surface area contributed by atoms with Crippen LogP contribution in [-0.4, -0.2) is 50.5 Å². The van der Waals surface area contributed by atoms with Crippen molar-refractivity contribution < 1.29 is 4.79 Å². The van der Waals surface area contributed by atoms with Crippen LogP contribution in [0.5, 0.6) is 0 Å². The summed E-state index contributed by atoms with van der Waals surface area (Å²) in [6.07, 6.45) is 0.995. The molecule has 1 amide bonds. The molecule has 2 aromatic rings. The quantitative estimate of drug-likeness (QED) is 0.240. The summed E-state index contributed by atoms with van der Waals surface area (Å²) in [5.41, 5.74) is 0.653. The average molecular weight is 551 g/mol. The highest BCUT2D eigenvalue weighted by atomic mass is 127. The van der Waals surface area contributed by atoms with Crippen molar-refractivity contribution in [1.29, 1.82) is 0 Å². The van der Waals surface area contributed by atoms with Crippen molar-refractivity contribution in [3.05, 3.63) is 56.7 Å². The number of halogens is 2. The number of benzene rings is 1. The normalized spacial score (nSPS) is 10.8. The molecule has 0 aliphatic rings. The Hall–Kier alpha value is -1.13. The highest BCUT2D eigenvalue weighted by molar-refractivity contribution is 14.0. The molecule has 5 nitrogen and oxygen atoms in total. The standard InChI is InChI=1S/C18H23BrN4OS.HI/c1-20-18(23(2)12-9-16-4-3-13-25-16)22-11-10-21-17(24)14-5-7-15(19)8-6-14;/h3-8,13H,9-12H2,1-2H3,(H,20,22)(H,21,24);1H. The molecule has 2 N–H and O–H groups in total. The SMILES string of the molecule is CN=C(NCCNC(=O)c1ccc(Br)cc1)N(C)CCc1cccs1.I. The summed E-state index contributed by atoms with van der Waals surface area (Å²) in [7, 11) is 3.79. The lowest BCUT2D eigenvalue weighted by Crippen LogP contribution is -2.43. The molecular formula is C18H24BrIN4OS. The molecule has 0 saturated heterocycles. The second kappa shape index (κ2) is 12.3. The Balaban J connectivity index is 0.00000338. The van der Waals surface area contributed by atoms with Crippen LogP contribution in [0.25, 0.3) is 0 Å². The summed E-state index contributed by atoms with van der Waals surface area (Å²) in [6.45, 7) is 2.05. The van der Waals surface area contributed by atoms with Gasteiger partial charge in [0, 0.05) is 48.6 Å². The van der Waals surface area contributed by atoms with Gasteiger partial charge in [-0.1, -0.05) is 22.0 Å². The van der Waals surface area contributed by atoms with Crippen molar-refractivity contribution >= 4 is 63.1 Å². The fourth-order valence-corrected chi connectivity index (χ4v) is 3.24. The van der Waals surface area contributed by atoms with Gasteiger partial charge in [-0.15, -0.1) is 35.3 Å². The van der Waals surface area contributed by atoms with E-state index < -0.39 is 0 Å². The lowest BCUT2D eigenvalue weighted by molar-refractivity contribution is 0.0954. The van der Waals surface area contributed by atoms with Gasteiger partial charge in [0.15, 0.2) is 5.96 Å². The van der Waals surface area contributed by atoms with Gasteiger partial charge in [-0.3, -0.25) is 9.79 Å². The third-order valence-corrected chi connectivity index (χ3v) is 5.11. The van der Waals surface area contributed by atoms with E-state index in [4.69, 9.17) is 0 Å². The van der Waals surface area contributed by atoms with Gasteiger partial charge in [-0.25, -0.2) is 0 Å². The van der Waals surface area contributed by atoms with Gasteiger partial charge >= 0.3 is 0 Å². The van der Waals surface area contributed by atoms with Gasteiger partial charge in [-0.05, 0) is 42.1 Å². The smallest absolute Gasteiger partial charge is 0.251 e. The van der Waals surface area contributed by atoms with E-state index in [1.54, 1.807) is 30.5 Å². The first kappa shape index (κ1) is 22.9. The summed E-state index contributed by atoms with van der Waals surface area (Å²) in [6, 6.07) is 11.5.